The lowest BCUT2D eigenvalue weighted by Crippen LogP contribution is -2.32. The van der Waals surface area contributed by atoms with Gasteiger partial charge in [0.05, 0.1) is 16.1 Å². The molecule has 1 aliphatic rings. The Morgan fingerprint density at radius 2 is 1.93 bits per heavy atom. The average Bonchev–Trinajstić information content (AvgIpc) is 2.67. The Hall–Kier alpha value is -2.54. The van der Waals surface area contributed by atoms with Gasteiger partial charge in [-0.15, -0.1) is 0 Å². The topological polar surface area (TPSA) is 84.5 Å². The lowest BCUT2D eigenvalue weighted by atomic mass is 9.94. The zero-order valence-electron chi connectivity index (χ0n) is 17.1. The van der Waals surface area contributed by atoms with Gasteiger partial charge in [-0.2, -0.15) is 0 Å². The molecule has 1 heterocycles. The summed E-state index contributed by atoms with van der Waals surface area (Å²) in [5, 5.41) is 2.82. The normalized spacial score (nSPS) is 15.1. The largest absolute Gasteiger partial charge is 0.488 e. The molecule has 1 aliphatic heterocycles. The van der Waals surface area contributed by atoms with Crippen LogP contribution in [-0.2, 0) is 16.4 Å². The van der Waals surface area contributed by atoms with E-state index in [-0.39, 0.29) is 22.1 Å². The molecule has 0 atom stereocenters. The van der Waals surface area contributed by atoms with Crippen LogP contribution in [0.4, 0.5) is 5.69 Å². The van der Waals surface area contributed by atoms with Crippen molar-refractivity contribution in [2.75, 3.05) is 11.3 Å². The highest BCUT2D eigenvalue weighted by Gasteiger charge is 2.28. The molecule has 0 radical (unpaired) electrons. The lowest BCUT2D eigenvalue weighted by molar-refractivity contribution is 0.0845. The van der Waals surface area contributed by atoms with E-state index >= 15 is 0 Å². The van der Waals surface area contributed by atoms with Crippen LogP contribution in [0, 0.1) is 0 Å². The minimum atomic E-state index is -3.84. The predicted molar refractivity (Wildman–Crippen MR) is 114 cm³/mol. The number of ether oxygens (including phenoxy) is 1. The molecule has 2 aromatic rings. The Balaban J connectivity index is 1.83. The fraction of sp³-hybridized carbons (Fsp3) is 0.409. The molecule has 1 amide bonds. The van der Waals surface area contributed by atoms with E-state index in [0.717, 1.165) is 37.0 Å². The first kappa shape index (κ1) is 21.2. The summed E-state index contributed by atoms with van der Waals surface area (Å²) in [5.74, 6) is 0.425. The smallest absolute Gasteiger partial charge is 0.261 e. The van der Waals surface area contributed by atoms with Gasteiger partial charge in [0.25, 0.3) is 15.9 Å². The molecule has 0 unspecified atom stereocenters. The van der Waals surface area contributed by atoms with Crippen LogP contribution < -0.4 is 14.8 Å². The van der Waals surface area contributed by atoms with E-state index in [2.05, 4.69) is 10.0 Å². The molecular weight excluding hydrogens is 388 g/mol. The quantitative estimate of drug-likeness (QED) is 0.665. The van der Waals surface area contributed by atoms with E-state index < -0.39 is 10.0 Å². The van der Waals surface area contributed by atoms with Crippen molar-refractivity contribution >= 4 is 21.6 Å². The summed E-state index contributed by atoms with van der Waals surface area (Å²) in [6.45, 7) is 6.63. The zero-order valence-corrected chi connectivity index (χ0v) is 17.9. The van der Waals surface area contributed by atoms with Gasteiger partial charge in [-0.1, -0.05) is 25.5 Å². The summed E-state index contributed by atoms with van der Waals surface area (Å²) in [7, 11) is -3.84. The van der Waals surface area contributed by atoms with Gasteiger partial charge in [-0.3, -0.25) is 9.52 Å². The third kappa shape index (κ3) is 5.09. The minimum Gasteiger partial charge on any atom is -0.488 e. The molecular formula is C22H28N2O4S. The van der Waals surface area contributed by atoms with Crippen molar-refractivity contribution in [3.05, 3.63) is 53.6 Å². The van der Waals surface area contributed by atoms with E-state index in [9.17, 15) is 13.2 Å². The van der Waals surface area contributed by atoms with Crippen molar-refractivity contribution in [1.82, 2.24) is 5.32 Å². The molecule has 29 heavy (non-hydrogen) atoms. The number of aryl methyl sites for hydroxylation is 1. The van der Waals surface area contributed by atoms with Gasteiger partial charge in [-0.25, -0.2) is 8.42 Å². The first-order valence-corrected chi connectivity index (χ1v) is 11.4. The molecule has 6 nitrogen and oxygen atoms in total. The molecule has 0 aliphatic carbocycles. The van der Waals surface area contributed by atoms with Gasteiger partial charge in [-0.05, 0) is 69.0 Å². The molecule has 0 fully saturated rings. The number of carbonyl (C=O) groups excluding carboxylic acids is 1. The van der Waals surface area contributed by atoms with E-state index in [4.69, 9.17) is 4.74 Å². The molecule has 2 N–H and O–H groups in total. The number of carbonyl (C=O) groups is 1. The minimum absolute atomic E-state index is 0.153. The van der Waals surface area contributed by atoms with Gasteiger partial charge < -0.3 is 10.1 Å². The third-order valence-electron chi connectivity index (χ3n) is 4.96. The molecule has 0 saturated carbocycles. The molecule has 7 heteroatoms. The van der Waals surface area contributed by atoms with E-state index in [1.807, 2.05) is 20.8 Å². The predicted octanol–water partition coefficient (Wildman–Crippen LogP) is 4.12. The van der Waals surface area contributed by atoms with Crippen LogP contribution in [-0.4, -0.2) is 26.5 Å². The van der Waals surface area contributed by atoms with Crippen molar-refractivity contribution in [3.8, 4) is 5.75 Å². The standard InChI is InChI=1S/C22H28N2O4S/c1-4-5-14-23-21(25)18-8-6-7-9-19(18)24-29(26,27)17-10-11-20-16(15-17)12-13-22(2,3)28-20/h6-11,15,24H,4-5,12-14H2,1-3H3,(H,23,25). The van der Waals surface area contributed by atoms with Gasteiger partial charge in [0.15, 0.2) is 0 Å². The number of nitrogens with one attached hydrogen (secondary N) is 2. The number of para-hydroxylation sites is 1. The molecule has 0 saturated heterocycles. The molecule has 0 bridgehead atoms. The van der Waals surface area contributed by atoms with Crippen LogP contribution in [0.3, 0.4) is 0 Å². The lowest BCUT2D eigenvalue weighted by Gasteiger charge is -2.32. The second-order valence-corrected chi connectivity index (χ2v) is 9.57. The Kier molecular flexibility index (Phi) is 6.17. The molecule has 3 rings (SSSR count). The fourth-order valence-electron chi connectivity index (χ4n) is 3.25. The molecule has 2 aromatic carbocycles. The number of hydrogen-bond donors (Lipinski definition) is 2. The number of unbranched alkanes of at least 4 members (excludes halogenated alkanes) is 1. The number of sulfonamides is 1. The second kappa shape index (κ2) is 8.45. The molecule has 0 aromatic heterocycles. The van der Waals surface area contributed by atoms with Gasteiger partial charge in [0, 0.05) is 6.54 Å². The van der Waals surface area contributed by atoms with Crippen LogP contribution >= 0.6 is 0 Å². The summed E-state index contributed by atoms with van der Waals surface area (Å²) in [6, 6.07) is 11.5. The van der Waals surface area contributed by atoms with E-state index in [1.54, 1.807) is 36.4 Å². The Labute approximate surface area is 172 Å². The highest BCUT2D eigenvalue weighted by Crippen LogP contribution is 2.34. The summed E-state index contributed by atoms with van der Waals surface area (Å²) >= 11 is 0. The maximum atomic E-state index is 13.0. The highest BCUT2D eigenvalue weighted by atomic mass is 32.2. The van der Waals surface area contributed by atoms with Crippen LogP contribution in [0.5, 0.6) is 5.75 Å². The second-order valence-electron chi connectivity index (χ2n) is 7.89. The van der Waals surface area contributed by atoms with Crippen LogP contribution in [0.25, 0.3) is 0 Å². The van der Waals surface area contributed by atoms with E-state index in [1.165, 1.54) is 6.07 Å². The zero-order chi connectivity index (χ0) is 21.1. The Morgan fingerprint density at radius 3 is 2.69 bits per heavy atom. The first-order valence-electron chi connectivity index (χ1n) is 9.94. The van der Waals surface area contributed by atoms with Gasteiger partial charge >= 0.3 is 0 Å². The van der Waals surface area contributed by atoms with E-state index in [0.29, 0.717) is 12.1 Å². The molecule has 0 spiro atoms. The van der Waals surface area contributed by atoms with Crippen molar-refractivity contribution in [2.45, 2.75) is 57.0 Å². The summed E-state index contributed by atoms with van der Waals surface area (Å²) < 4.78 is 34.4. The van der Waals surface area contributed by atoms with Crippen molar-refractivity contribution in [2.24, 2.45) is 0 Å². The average molecular weight is 417 g/mol. The molecule has 156 valence electrons. The fourth-order valence-corrected chi connectivity index (χ4v) is 4.38. The Morgan fingerprint density at radius 1 is 1.17 bits per heavy atom. The Bertz CT molecular complexity index is 1000. The number of amides is 1. The number of hydrogen-bond acceptors (Lipinski definition) is 4. The summed E-state index contributed by atoms with van der Waals surface area (Å²) in [6.07, 6.45) is 3.40. The number of anilines is 1. The first-order chi connectivity index (χ1) is 13.7. The third-order valence-corrected chi connectivity index (χ3v) is 6.32. The van der Waals surface area contributed by atoms with Gasteiger partial charge in [0.2, 0.25) is 0 Å². The summed E-state index contributed by atoms with van der Waals surface area (Å²) in [5.41, 5.74) is 1.18. The maximum absolute atomic E-state index is 13.0. The number of rotatable bonds is 7. The number of fused-ring (bicyclic) bond motifs is 1. The van der Waals surface area contributed by atoms with Crippen molar-refractivity contribution in [1.29, 1.82) is 0 Å². The van der Waals surface area contributed by atoms with Crippen molar-refractivity contribution in [3.63, 3.8) is 0 Å². The monoisotopic (exact) mass is 416 g/mol. The maximum Gasteiger partial charge on any atom is 0.261 e. The van der Waals surface area contributed by atoms with Crippen LogP contribution in [0.1, 0.15) is 56.0 Å². The number of benzene rings is 2. The van der Waals surface area contributed by atoms with Crippen molar-refractivity contribution < 1.29 is 17.9 Å². The van der Waals surface area contributed by atoms with Crippen LogP contribution in [0.2, 0.25) is 0 Å². The summed E-state index contributed by atoms with van der Waals surface area (Å²) in [4.78, 5) is 12.6. The highest BCUT2D eigenvalue weighted by molar-refractivity contribution is 7.92. The SMILES string of the molecule is CCCCNC(=O)c1ccccc1NS(=O)(=O)c1ccc2c(c1)CCC(C)(C)O2. The van der Waals surface area contributed by atoms with Crippen LogP contribution in [0.15, 0.2) is 47.4 Å². The van der Waals surface area contributed by atoms with Gasteiger partial charge in [0.1, 0.15) is 11.4 Å².